The highest BCUT2D eigenvalue weighted by Crippen LogP contribution is 2.47. The van der Waals surface area contributed by atoms with Gasteiger partial charge in [0.1, 0.15) is 5.60 Å². The van der Waals surface area contributed by atoms with E-state index in [1.165, 1.54) is 0 Å². The fourth-order valence-electron chi connectivity index (χ4n) is 3.78. The topological polar surface area (TPSA) is 67.3 Å². The van der Waals surface area contributed by atoms with Crippen molar-refractivity contribution in [2.24, 2.45) is 0 Å². The Hall–Kier alpha value is -1.46. The number of hydrogen-bond donors (Lipinski definition) is 1. The molecule has 0 aliphatic carbocycles. The van der Waals surface area contributed by atoms with Crippen LogP contribution in [0.5, 0.6) is 0 Å². The van der Waals surface area contributed by atoms with Gasteiger partial charge < -0.3 is 5.11 Å². The first-order valence-electron chi connectivity index (χ1n) is 7.30. The molecule has 4 nitrogen and oxygen atoms in total. The van der Waals surface area contributed by atoms with Crippen LogP contribution in [0.1, 0.15) is 31.4 Å². The van der Waals surface area contributed by atoms with E-state index in [0.29, 0.717) is 18.5 Å². The number of pyridine rings is 1. The molecule has 0 amide bonds. The highest BCUT2D eigenvalue weighted by atomic mass is 32.2. The van der Waals surface area contributed by atoms with E-state index in [2.05, 4.69) is 4.98 Å². The van der Waals surface area contributed by atoms with Crippen molar-refractivity contribution in [2.45, 2.75) is 41.8 Å². The minimum absolute atomic E-state index is 0.275. The van der Waals surface area contributed by atoms with E-state index in [9.17, 15) is 13.5 Å². The molecule has 3 heterocycles. The monoisotopic (exact) mass is 303 g/mol. The highest BCUT2D eigenvalue weighted by molar-refractivity contribution is 7.93. The van der Waals surface area contributed by atoms with Crippen LogP contribution < -0.4 is 0 Å². The molecule has 2 aromatic rings. The molecule has 1 aromatic carbocycles. The van der Waals surface area contributed by atoms with Crippen LogP contribution in [0.25, 0.3) is 10.9 Å². The molecule has 0 spiro atoms. The van der Waals surface area contributed by atoms with Gasteiger partial charge in [0.15, 0.2) is 9.84 Å². The zero-order chi connectivity index (χ0) is 14.7. The van der Waals surface area contributed by atoms with Crippen molar-refractivity contribution < 1.29 is 13.5 Å². The maximum atomic E-state index is 12.2. The van der Waals surface area contributed by atoms with Crippen molar-refractivity contribution in [3.63, 3.8) is 0 Å². The summed E-state index contributed by atoms with van der Waals surface area (Å²) in [7, 11) is -3.04. The van der Waals surface area contributed by atoms with Gasteiger partial charge >= 0.3 is 0 Å². The second kappa shape index (κ2) is 4.27. The summed E-state index contributed by atoms with van der Waals surface area (Å²) in [6.45, 7) is 0. The van der Waals surface area contributed by atoms with E-state index < -0.39 is 25.9 Å². The Labute approximate surface area is 123 Å². The number of nitrogens with zero attached hydrogens (tertiary/aromatic N) is 1. The minimum atomic E-state index is -3.04. The van der Waals surface area contributed by atoms with E-state index in [-0.39, 0.29) is 12.8 Å². The SMILES string of the molecule is O=S1(=O)C2CCC1CC(O)(c1ccc3ccccc3n1)C2. The fourth-order valence-corrected chi connectivity index (χ4v) is 6.27. The first kappa shape index (κ1) is 13.2. The van der Waals surface area contributed by atoms with Crippen molar-refractivity contribution in [3.8, 4) is 0 Å². The van der Waals surface area contributed by atoms with Crippen molar-refractivity contribution >= 4 is 20.7 Å². The Morgan fingerprint density at radius 1 is 1.05 bits per heavy atom. The van der Waals surface area contributed by atoms with Gasteiger partial charge in [-0.25, -0.2) is 13.4 Å². The van der Waals surface area contributed by atoms with Crippen molar-refractivity contribution in [1.29, 1.82) is 0 Å². The standard InChI is InChI=1S/C16H17NO3S/c18-16(9-12-6-7-13(10-16)21(12,19)20)15-8-5-11-3-1-2-4-14(11)17-15/h1-5,8,12-13,18H,6-7,9-10H2. The summed E-state index contributed by atoms with van der Waals surface area (Å²) in [6.07, 6.45) is 1.89. The molecule has 110 valence electrons. The van der Waals surface area contributed by atoms with Gasteiger partial charge in [0.05, 0.1) is 21.7 Å². The predicted molar refractivity (Wildman–Crippen MR) is 80.6 cm³/mol. The molecule has 0 saturated carbocycles. The van der Waals surface area contributed by atoms with Gasteiger partial charge in [0.25, 0.3) is 0 Å². The first-order chi connectivity index (χ1) is 9.99. The summed E-state index contributed by atoms with van der Waals surface area (Å²) >= 11 is 0. The van der Waals surface area contributed by atoms with Gasteiger partial charge in [0.2, 0.25) is 0 Å². The number of fused-ring (bicyclic) bond motifs is 3. The van der Waals surface area contributed by atoms with E-state index in [4.69, 9.17) is 0 Å². The summed E-state index contributed by atoms with van der Waals surface area (Å²) in [5.74, 6) is 0. The molecule has 21 heavy (non-hydrogen) atoms. The third-order valence-electron chi connectivity index (χ3n) is 4.95. The number of aliphatic hydroxyl groups is 1. The number of benzene rings is 1. The van der Waals surface area contributed by atoms with Crippen LogP contribution in [0.2, 0.25) is 0 Å². The molecule has 2 aliphatic rings. The molecule has 0 radical (unpaired) electrons. The molecule has 1 N–H and O–H groups in total. The Bertz CT molecular complexity index is 795. The number of sulfone groups is 1. The molecule has 2 unspecified atom stereocenters. The molecule has 2 aliphatic heterocycles. The maximum absolute atomic E-state index is 12.2. The summed E-state index contributed by atoms with van der Waals surface area (Å²) in [4.78, 5) is 4.57. The zero-order valence-corrected chi connectivity index (χ0v) is 12.4. The van der Waals surface area contributed by atoms with Crippen LogP contribution in [0.4, 0.5) is 0 Å². The lowest BCUT2D eigenvalue weighted by Crippen LogP contribution is -2.43. The summed E-state index contributed by atoms with van der Waals surface area (Å²) in [6, 6.07) is 11.5. The third kappa shape index (κ3) is 1.91. The Balaban J connectivity index is 1.78. The zero-order valence-electron chi connectivity index (χ0n) is 11.6. The molecular weight excluding hydrogens is 286 g/mol. The Kier molecular flexibility index (Phi) is 2.69. The molecule has 2 atom stereocenters. The lowest BCUT2D eigenvalue weighted by atomic mass is 9.89. The quantitative estimate of drug-likeness (QED) is 0.876. The van der Waals surface area contributed by atoms with Crippen molar-refractivity contribution in [2.75, 3.05) is 0 Å². The van der Waals surface area contributed by atoms with Gasteiger partial charge in [-0.2, -0.15) is 0 Å². The molecular formula is C16H17NO3S. The fraction of sp³-hybridized carbons (Fsp3) is 0.438. The molecule has 2 saturated heterocycles. The van der Waals surface area contributed by atoms with Gasteiger partial charge in [0, 0.05) is 5.39 Å². The van der Waals surface area contributed by atoms with Crippen LogP contribution in [-0.2, 0) is 15.4 Å². The second-order valence-electron chi connectivity index (χ2n) is 6.24. The number of aromatic nitrogens is 1. The summed E-state index contributed by atoms with van der Waals surface area (Å²) in [5.41, 5.74) is 0.332. The molecule has 2 bridgehead atoms. The van der Waals surface area contributed by atoms with E-state index in [0.717, 1.165) is 10.9 Å². The van der Waals surface area contributed by atoms with Gasteiger partial charge in [-0.1, -0.05) is 24.3 Å². The summed E-state index contributed by atoms with van der Waals surface area (Å²) in [5, 5.41) is 11.2. The number of rotatable bonds is 1. The van der Waals surface area contributed by atoms with Crippen molar-refractivity contribution in [1.82, 2.24) is 4.98 Å². The molecule has 2 fully saturated rings. The average molecular weight is 303 g/mol. The maximum Gasteiger partial charge on any atom is 0.156 e. The molecule has 4 rings (SSSR count). The highest BCUT2D eigenvalue weighted by Gasteiger charge is 2.53. The van der Waals surface area contributed by atoms with Gasteiger partial charge in [-0.3, -0.25) is 0 Å². The van der Waals surface area contributed by atoms with Gasteiger partial charge in [-0.15, -0.1) is 0 Å². The van der Waals surface area contributed by atoms with E-state index in [1.54, 1.807) is 0 Å². The van der Waals surface area contributed by atoms with Gasteiger partial charge in [-0.05, 0) is 37.8 Å². The predicted octanol–water partition coefficient (Wildman–Crippen LogP) is 2.16. The normalized spacial score (nSPS) is 34.1. The first-order valence-corrected chi connectivity index (χ1v) is 8.91. The Morgan fingerprint density at radius 3 is 2.43 bits per heavy atom. The summed E-state index contributed by atoms with van der Waals surface area (Å²) < 4.78 is 24.4. The minimum Gasteiger partial charge on any atom is -0.383 e. The second-order valence-corrected chi connectivity index (χ2v) is 8.75. The van der Waals surface area contributed by atoms with Crippen LogP contribution >= 0.6 is 0 Å². The average Bonchev–Trinajstić information content (AvgIpc) is 2.66. The van der Waals surface area contributed by atoms with E-state index >= 15 is 0 Å². The lowest BCUT2D eigenvalue weighted by Gasteiger charge is -2.35. The lowest BCUT2D eigenvalue weighted by molar-refractivity contribution is 0.0134. The largest absolute Gasteiger partial charge is 0.383 e. The number of hydrogen-bond acceptors (Lipinski definition) is 4. The van der Waals surface area contributed by atoms with E-state index in [1.807, 2.05) is 36.4 Å². The van der Waals surface area contributed by atoms with Crippen LogP contribution in [0.3, 0.4) is 0 Å². The number of para-hydroxylation sites is 1. The third-order valence-corrected chi connectivity index (χ3v) is 7.61. The van der Waals surface area contributed by atoms with Crippen LogP contribution in [-0.4, -0.2) is 29.0 Å². The van der Waals surface area contributed by atoms with Crippen molar-refractivity contribution in [3.05, 3.63) is 42.1 Å². The Morgan fingerprint density at radius 2 is 1.71 bits per heavy atom. The van der Waals surface area contributed by atoms with Crippen LogP contribution in [0, 0.1) is 0 Å². The smallest absolute Gasteiger partial charge is 0.156 e. The van der Waals surface area contributed by atoms with Crippen LogP contribution in [0.15, 0.2) is 36.4 Å². The molecule has 5 heteroatoms. The molecule has 1 aromatic heterocycles.